The summed E-state index contributed by atoms with van der Waals surface area (Å²) in [6, 6.07) is 23.4. The molecule has 41 heavy (non-hydrogen) atoms. The largest absolute Gasteiger partial charge is 0.508 e. The molecule has 0 atom stereocenters. The molecule has 0 fully saturated rings. The summed E-state index contributed by atoms with van der Waals surface area (Å²) in [5.41, 5.74) is 6.13. The van der Waals surface area contributed by atoms with Gasteiger partial charge in [0.05, 0.1) is 0 Å². The molecule has 3 rings (SSSR count). The van der Waals surface area contributed by atoms with Gasteiger partial charge in [-0.1, -0.05) is 118 Å². The Bertz CT molecular complexity index is 995. The van der Waals surface area contributed by atoms with Crippen molar-refractivity contribution in [3.63, 3.8) is 0 Å². The van der Waals surface area contributed by atoms with Crippen molar-refractivity contribution >= 4 is 11.6 Å². The summed E-state index contributed by atoms with van der Waals surface area (Å²) in [7, 11) is 0. The molecule has 3 nitrogen and oxygen atoms in total. The summed E-state index contributed by atoms with van der Waals surface area (Å²) in [5.74, 6) is 0.278. The van der Waals surface area contributed by atoms with Crippen molar-refractivity contribution in [1.82, 2.24) is 0 Å². The standard InChI is InChI=1S/C12H17NO.C11H15.C8H9O.3C2H6.Y/c1-9(14)13-11-7-5-10(6-8-11)12(2,3)4;1-9-5-7-10(8-6-9)11(2,3)4;1-2-7-3-5-8(9)6-4-7;3*1-2;/h5-8H,1-4H3,(H,13,14);5-8H,1H2,2-4H3;3-6,9H,1-2H2;3*1-2H3;/q;2*-1;;;;. The van der Waals surface area contributed by atoms with Gasteiger partial charge < -0.3 is 17.3 Å². The Morgan fingerprint density at radius 2 is 1.02 bits per heavy atom. The quantitative estimate of drug-likeness (QED) is 0.274. The Hall–Kier alpha value is -2.10. The van der Waals surface area contributed by atoms with Crippen LogP contribution in [0.4, 0.5) is 5.69 Å². The molecule has 0 aromatic heterocycles. The number of amides is 1. The van der Waals surface area contributed by atoms with Gasteiger partial charge >= 0.3 is 0 Å². The number of phenolic OH excluding ortho intramolecular Hbond substituents is 1. The minimum absolute atomic E-state index is 0. The van der Waals surface area contributed by atoms with Crippen LogP contribution in [0.15, 0.2) is 72.8 Å². The van der Waals surface area contributed by atoms with Crippen molar-refractivity contribution in [2.24, 2.45) is 0 Å². The van der Waals surface area contributed by atoms with Crippen LogP contribution in [-0.4, -0.2) is 11.0 Å². The molecule has 3 aromatic carbocycles. The molecular weight excluding hydrogens is 579 g/mol. The van der Waals surface area contributed by atoms with Crippen molar-refractivity contribution < 1.29 is 42.6 Å². The van der Waals surface area contributed by atoms with Crippen LogP contribution in [0.1, 0.15) is 112 Å². The van der Waals surface area contributed by atoms with Gasteiger partial charge in [-0.3, -0.25) is 4.79 Å². The number of aromatic hydroxyl groups is 1. The summed E-state index contributed by atoms with van der Waals surface area (Å²) in [5, 5.41) is 11.6. The van der Waals surface area contributed by atoms with Crippen LogP contribution in [0, 0.1) is 13.8 Å². The van der Waals surface area contributed by atoms with E-state index in [2.05, 4.69) is 85.0 Å². The van der Waals surface area contributed by atoms with E-state index < -0.39 is 0 Å². The van der Waals surface area contributed by atoms with E-state index in [0.29, 0.717) is 5.75 Å². The van der Waals surface area contributed by atoms with E-state index in [1.807, 2.05) is 77.9 Å². The molecule has 1 radical (unpaired) electrons. The van der Waals surface area contributed by atoms with E-state index >= 15 is 0 Å². The van der Waals surface area contributed by atoms with Crippen LogP contribution >= 0.6 is 0 Å². The van der Waals surface area contributed by atoms with Crippen molar-refractivity contribution in [2.75, 3.05) is 5.32 Å². The molecule has 0 aliphatic heterocycles. The molecule has 4 heteroatoms. The van der Waals surface area contributed by atoms with Crippen LogP contribution in [0.2, 0.25) is 0 Å². The average molecular weight is 639 g/mol. The molecule has 0 heterocycles. The topological polar surface area (TPSA) is 49.3 Å². The van der Waals surface area contributed by atoms with Crippen LogP contribution < -0.4 is 5.32 Å². The van der Waals surface area contributed by atoms with Crippen molar-refractivity contribution in [3.8, 4) is 5.75 Å². The van der Waals surface area contributed by atoms with E-state index in [0.717, 1.165) is 23.2 Å². The maximum absolute atomic E-state index is 10.8. The van der Waals surface area contributed by atoms with Gasteiger partial charge in [-0.05, 0) is 40.7 Å². The second-order valence-electron chi connectivity index (χ2n) is 10.4. The fourth-order valence-corrected chi connectivity index (χ4v) is 2.92. The number of nitrogens with one attached hydrogen (secondary N) is 1. The average Bonchev–Trinajstić information content (AvgIpc) is 2.92. The maximum Gasteiger partial charge on any atom is 0.221 e. The minimum atomic E-state index is -0.0338. The second-order valence-corrected chi connectivity index (χ2v) is 10.4. The zero-order chi connectivity index (χ0) is 31.9. The van der Waals surface area contributed by atoms with Gasteiger partial charge in [-0.15, -0.1) is 12.1 Å². The smallest absolute Gasteiger partial charge is 0.221 e. The van der Waals surface area contributed by atoms with Crippen LogP contribution in [0.25, 0.3) is 0 Å². The molecule has 0 unspecified atom stereocenters. The van der Waals surface area contributed by atoms with Crippen LogP contribution in [-0.2, 0) is 54.8 Å². The van der Waals surface area contributed by atoms with Gasteiger partial charge in [0.1, 0.15) is 5.75 Å². The number of carbonyl (C=O) groups excluding carboxylic acids is 1. The van der Waals surface area contributed by atoms with Gasteiger partial charge in [0.2, 0.25) is 5.91 Å². The Balaban J connectivity index is -0.000000230. The zero-order valence-corrected chi connectivity index (χ0v) is 31.3. The summed E-state index contributed by atoms with van der Waals surface area (Å²) < 4.78 is 0. The van der Waals surface area contributed by atoms with E-state index in [1.165, 1.54) is 18.1 Å². The summed E-state index contributed by atoms with van der Waals surface area (Å²) >= 11 is 0. The Morgan fingerprint density at radius 1 is 0.683 bits per heavy atom. The first-order chi connectivity index (χ1) is 18.7. The fourth-order valence-electron chi connectivity index (χ4n) is 2.92. The Kier molecular flexibility index (Phi) is 28.6. The number of hydrogen-bond acceptors (Lipinski definition) is 2. The number of anilines is 1. The van der Waals surface area contributed by atoms with Crippen LogP contribution in [0.3, 0.4) is 0 Å². The third-order valence-corrected chi connectivity index (χ3v) is 5.12. The number of benzene rings is 3. The number of phenols is 1. The van der Waals surface area contributed by atoms with E-state index in [9.17, 15) is 4.79 Å². The number of rotatable bonds is 2. The van der Waals surface area contributed by atoms with E-state index in [-0.39, 0.29) is 49.4 Å². The number of hydrogen-bond donors (Lipinski definition) is 2. The van der Waals surface area contributed by atoms with Gasteiger partial charge in [0, 0.05) is 45.3 Å². The summed E-state index contributed by atoms with van der Waals surface area (Å²) in [4.78, 5) is 10.8. The molecule has 0 spiro atoms. The van der Waals surface area contributed by atoms with Gasteiger partial charge in [-0.2, -0.15) is 31.0 Å². The van der Waals surface area contributed by atoms with Crippen LogP contribution in [0.5, 0.6) is 5.75 Å². The van der Waals surface area contributed by atoms with Crippen molar-refractivity contribution in [1.29, 1.82) is 0 Å². The van der Waals surface area contributed by atoms with Gasteiger partial charge in [-0.25, -0.2) is 0 Å². The molecule has 0 saturated carbocycles. The van der Waals surface area contributed by atoms with Crippen molar-refractivity contribution in [3.05, 3.63) is 109 Å². The molecule has 0 aliphatic carbocycles. The molecule has 2 N–H and O–H groups in total. The van der Waals surface area contributed by atoms with E-state index in [1.54, 1.807) is 12.1 Å². The first-order valence-electron chi connectivity index (χ1n) is 14.6. The molecule has 1 amide bonds. The molecule has 0 bridgehead atoms. The van der Waals surface area contributed by atoms with E-state index in [4.69, 9.17) is 5.11 Å². The second kappa shape index (κ2) is 25.6. The fraction of sp³-hybridized carbons (Fsp3) is 0.432. The number of carbonyl (C=O) groups is 1. The Morgan fingerprint density at radius 3 is 1.32 bits per heavy atom. The molecular formula is C37H59NO2Y-2. The normalized spacial score (nSPS) is 9.41. The van der Waals surface area contributed by atoms with Gasteiger partial charge in [0.25, 0.3) is 0 Å². The monoisotopic (exact) mass is 638 g/mol. The molecule has 0 saturated heterocycles. The Labute approximate surface area is 279 Å². The SMILES string of the molecule is CC.CC.CC.CC(=O)Nc1ccc(C(C)(C)C)cc1.[CH2-]Cc1ccc(O)cc1.[CH2-]c1ccc(C(C)(C)C)cc1.[Y]. The maximum atomic E-state index is 10.8. The summed E-state index contributed by atoms with van der Waals surface area (Å²) in [6.45, 7) is 34.2. The first-order valence-corrected chi connectivity index (χ1v) is 14.6. The first kappa shape index (κ1) is 45.9. The predicted molar refractivity (Wildman–Crippen MR) is 180 cm³/mol. The third kappa shape index (κ3) is 23.2. The molecule has 229 valence electrons. The predicted octanol–water partition coefficient (Wildman–Crippen LogP) is 11.0. The van der Waals surface area contributed by atoms with Crippen molar-refractivity contribution in [2.45, 2.75) is 107 Å². The molecule has 0 aliphatic rings. The minimum Gasteiger partial charge on any atom is -0.508 e. The summed E-state index contributed by atoms with van der Waals surface area (Å²) in [6.07, 6.45) is 0.778. The third-order valence-electron chi connectivity index (χ3n) is 5.12. The van der Waals surface area contributed by atoms with Gasteiger partial charge in [0.15, 0.2) is 0 Å². The zero-order valence-electron chi connectivity index (χ0n) is 28.5. The molecule has 3 aromatic rings.